The number of carbonyl (C=O) groups is 1. The molecule has 2 heterocycles. The summed E-state index contributed by atoms with van der Waals surface area (Å²) in [4.78, 5) is 16.7. The molecule has 5 aliphatic carbocycles. The molecule has 0 N–H and O–H groups in total. The molecule has 0 aromatic heterocycles. The number of likely N-dealkylation sites (tertiary alicyclic amines) is 1. The van der Waals surface area contributed by atoms with E-state index in [0.29, 0.717) is 0 Å². The van der Waals surface area contributed by atoms with Crippen LogP contribution in [0.3, 0.4) is 0 Å². The van der Waals surface area contributed by atoms with Crippen LogP contribution < -0.4 is 9.47 Å². The Morgan fingerprint density at radius 1 is 1.09 bits per heavy atom. The molecule has 7 aliphatic rings. The number of ketones is 1. The quantitative estimate of drug-likeness (QED) is 0.668. The van der Waals surface area contributed by atoms with Crippen molar-refractivity contribution in [1.82, 2.24) is 4.90 Å². The highest BCUT2D eigenvalue weighted by Crippen LogP contribution is 2.78. The van der Waals surface area contributed by atoms with E-state index in [0.717, 1.165) is 42.0 Å². The lowest BCUT2D eigenvalue weighted by Gasteiger charge is -2.72. The van der Waals surface area contributed by atoms with E-state index in [9.17, 15) is 4.79 Å². The minimum atomic E-state index is -0.701. The van der Waals surface area contributed by atoms with Crippen LogP contribution in [0, 0.1) is 11.3 Å². The third-order valence-corrected chi connectivity index (χ3v) is 10.2. The van der Waals surface area contributed by atoms with Crippen LogP contribution in [0.15, 0.2) is 48.6 Å². The van der Waals surface area contributed by atoms with Gasteiger partial charge >= 0.3 is 0 Å². The number of Topliss-reactive ketones (excluding diaryl/α,β-unsaturated/α-hetero) is 1. The van der Waals surface area contributed by atoms with E-state index in [2.05, 4.69) is 42.3 Å². The van der Waals surface area contributed by atoms with Crippen molar-refractivity contribution in [3.05, 3.63) is 70.8 Å². The van der Waals surface area contributed by atoms with E-state index in [-0.39, 0.29) is 40.6 Å². The van der Waals surface area contributed by atoms with Gasteiger partial charge < -0.3 is 19.1 Å². The second-order valence-electron chi connectivity index (χ2n) is 10.8. The molecule has 1 saturated carbocycles. The van der Waals surface area contributed by atoms with Gasteiger partial charge in [-0.15, -0.1) is 0 Å². The summed E-state index contributed by atoms with van der Waals surface area (Å²) in [6.45, 7) is 0.981. The number of hydrogen-bond acceptors (Lipinski definition) is 5. The Balaban J connectivity index is 1.53. The van der Waals surface area contributed by atoms with E-state index in [1.165, 1.54) is 11.1 Å². The first-order chi connectivity index (χ1) is 16.0. The summed E-state index contributed by atoms with van der Waals surface area (Å²) in [5, 5.41) is 0. The van der Waals surface area contributed by atoms with Gasteiger partial charge in [0.15, 0.2) is 17.3 Å². The van der Waals surface area contributed by atoms with Crippen LogP contribution in [0.1, 0.15) is 39.4 Å². The molecule has 9 rings (SSSR count). The molecule has 5 nitrogen and oxygen atoms in total. The molecule has 0 radical (unpaired) electrons. The molecule has 4 bridgehead atoms. The molecular formula is C28H27NO4. The summed E-state index contributed by atoms with van der Waals surface area (Å²) >= 11 is 0. The summed E-state index contributed by atoms with van der Waals surface area (Å²) in [6, 6.07) is 12.7. The predicted octanol–water partition coefficient (Wildman–Crippen LogP) is 3.51. The number of piperidine rings is 1. The predicted molar refractivity (Wildman–Crippen MR) is 122 cm³/mol. The third kappa shape index (κ3) is 1.62. The molecule has 2 aromatic carbocycles. The number of fused-ring (bicyclic) bond motifs is 1. The minimum absolute atomic E-state index is 0.0508. The summed E-state index contributed by atoms with van der Waals surface area (Å²) in [5.41, 5.74) is 3.26. The van der Waals surface area contributed by atoms with Crippen molar-refractivity contribution in [2.75, 3.05) is 27.8 Å². The van der Waals surface area contributed by atoms with E-state index in [1.54, 1.807) is 14.2 Å². The molecule has 168 valence electrons. The van der Waals surface area contributed by atoms with E-state index < -0.39 is 5.60 Å². The molecule has 2 spiro atoms. The van der Waals surface area contributed by atoms with Crippen LogP contribution in [0.4, 0.5) is 0 Å². The van der Waals surface area contributed by atoms with Crippen molar-refractivity contribution < 1.29 is 19.0 Å². The van der Waals surface area contributed by atoms with E-state index in [4.69, 9.17) is 14.2 Å². The number of methoxy groups -OCH3 is 2. The fourth-order valence-electron chi connectivity index (χ4n) is 9.25. The molecule has 2 fully saturated rings. The third-order valence-electron chi connectivity index (χ3n) is 10.2. The number of rotatable bonds is 2. The van der Waals surface area contributed by atoms with Crippen LogP contribution in [0.2, 0.25) is 0 Å². The lowest BCUT2D eigenvalue weighted by molar-refractivity contribution is -0.212. The Morgan fingerprint density at radius 2 is 1.94 bits per heavy atom. The van der Waals surface area contributed by atoms with Crippen LogP contribution in [-0.4, -0.2) is 56.2 Å². The lowest BCUT2D eigenvalue weighted by atomic mass is 9.34. The van der Waals surface area contributed by atoms with Gasteiger partial charge in [0.25, 0.3) is 0 Å². The second-order valence-corrected chi connectivity index (χ2v) is 10.8. The molecule has 0 amide bonds. The van der Waals surface area contributed by atoms with Gasteiger partial charge in [-0.25, -0.2) is 0 Å². The van der Waals surface area contributed by atoms with Crippen molar-refractivity contribution >= 4 is 5.78 Å². The van der Waals surface area contributed by atoms with Gasteiger partial charge in [0.05, 0.1) is 12.5 Å². The Bertz CT molecular complexity index is 1300. The Kier molecular flexibility index (Phi) is 3.14. The summed E-state index contributed by atoms with van der Waals surface area (Å²) < 4.78 is 19.3. The Hall–Kier alpha value is -2.63. The summed E-state index contributed by atoms with van der Waals surface area (Å²) in [5.74, 6) is 1.73. The molecule has 2 aromatic rings. The van der Waals surface area contributed by atoms with E-state index in [1.807, 2.05) is 18.2 Å². The van der Waals surface area contributed by atoms with Gasteiger partial charge in [0.1, 0.15) is 11.7 Å². The zero-order valence-electron chi connectivity index (χ0n) is 19.1. The SMILES string of the molecule is COc1ccc2c3c1O[C@H]1[C@]4(OC)C=C[C@@]5([C@@H]6C(=O)c7ccccc7[C@@H]64)[C@@H](C2)N(C)CC[C@]315. The van der Waals surface area contributed by atoms with Crippen molar-refractivity contribution in [2.45, 2.75) is 41.9 Å². The molecule has 1 saturated heterocycles. The monoisotopic (exact) mass is 441 g/mol. The maximum atomic E-state index is 14.2. The Labute approximate surface area is 193 Å². The first-order valence-electron chi connectivity index (χ1n) is 12.0. The first kappa shape index (κ1) is 18.8. The highest BCUT2D eigenvalue weighted by molar-refractivity contribution is 6.05. The van der Waals surface area contributed by atoms with Crippen LogP contribution in [-0.2, 0) is 16.6 Å². The van der Waals surface area contributed by atoms with Gasteiger partial charge in [-0.3, -0.25) is 4.79 Å². The zero-order valence-corrected chi connectivity index (χ0v) is 19.1. The highest BCUT2D eigenvalue weighted by atomic mass is 16.6. The van der Waals surface area contributed by atoms with Crippen LogP contribution in [0.5, 0.6) is 11.5 Å². The average Bonchev–Trinajstić information content (AvgIpc) is 3.37. The van der Waals surface area contributed by atoms with Crippen molar-refractivity contribution in [3.8, 4) is 11.5 Å². The Morgan fingerprint density at radius 3 is 2.76 bits per heavy atom. The van der Waals surface area contributed by atoms with Gasteiger partial charge in [-0.2, -0.15) is 0 Å². The van der Waals surface area contributed by atoms with Crippen LogP contribution in [0.25, 0.3) is 0 Å². The fourth-order valence-corrected chi connectivity index (χ4v) is 9.25. The number of benzene rings is 2. The summed E-state index contributed by atoms with van der Waals surface area (Å²) in [7, 11) is 5.74. The molecule has 33 heavy (non-hydrogen) atoms. The first-order valence-corrected chi connectivity index (χ1v) is 12.0. The molecule has 2 aliphatic heterocycles. The second kappa shape index (κ2) is 5.53. The largest absolute Gasteiger partial charge is 0.493 e. The fraction of sp³-hybridized carbons (Fsp3) is 0.464. The van der Waals surface area contributed by atoms with Crippen molar-refractivity contribution in [1.29, 1.82) is 0 Å². The number of carbonyl (C=O) groups excluding carboxylic acids is 1. The number of nitrogens with zero attached hydrogens (tertiary/aromatic N) is 1. The summed E-state index contributed by atoms with van der Waals surface area (Å²) in [6.07, 6.45) is 6.32. The topological polar surface area (TPSA) is 48.0 Å². The molecular weight excluding hydrogens is 414 g/mol. The lowest BCUT2D eigenvalue weighted by Crippen LogP contribution is -2.81. The molecule has 5 heteroatoms. The highest BCUT2D eigenvalue weighted by Gasteiger charge is 2.84. The van der Waals surface area contributed by atoms with Crippen LogP contribution >= 0.6 is 0 Å². The normalized spacial score (nSPS) is 42.6. The van der Waals surface area contributed by atoms with Gasteiger partial charge in [-0.1, -0.05) is 42.5 Å². The zero-order chi connectivity index (χ0) is 22.3. The van der Waals surface area contributed by atoms with Crippen molar-refractivity contribution in [2.24, 2.45) is 11.3 Å². The minimum Gasteiger partial charge on any atom is -0.493 e. The van der Waals surface area contributed by atoms with Gasteiger partial charge in [0, 0.05) is 41.5 Å². The number of ether oxygens (including phenoxy) is 3. The molecule has 7 atom stereocenters. The smallest absolute Gasteiger partial charge is 0.167 e. The maximum absolute atomic E-state index is 14.2. The average molecular weight is 442 g/mol. The van der Waals surface area contributed by atoms with Gasteiger partial charge in [-0.05, 0) is 43.6 Å². The van der Waals surface area contributed by atoms with E-state index >= 15 is 0 Å². The van der Waals surface area contributed by atoms with Crippen molar-refractivity contribution in [3.63, 3.8) is 0 Å². The van der Waals surface area contributed by atoms with Gasteiger partial charge in [0.2, 0.25) is 0 Å². The molecule has 0 unspecified atom stereocenters. The number of likely N-dealkylation sites (N-methyl/N-ethyl adjacent to an activating group) is 1. The maximum Gasteiger partial charge on any atom is 0.167 e. The number of hydrogen-bond donors (Lipinski definition) is 0. The standard InChI is InChI=1S/C28H27NO4/c1-29-13-12-27-20-15-8-9-18(31-2)24(20)33-25(27)28(32-3)11-10-26(27,19(29)14-15)22-21(28)16-6-4-5-7-17(16)23(22)30/h4-11,19,21-22,25H,12-14H2,1-3H3/t19-,21+,22+,25-,26+,27+,28+/m1/s1.